The maximum Gasteiger partial charge on any atom is 0.333 e. The lowest BCUT2D eigenvalue weighted by Gasteiger charge is -2.29. The van der Waals surface area contributed by atoms with Crippen LogP contribution < -0.4 is 0 Å². The van der Waals surface area contributed by atoms with Crippen molar-refractivity contribution in [2.75, 3.05) is 6.61 Å². The Morgan fingerprint density at radius 3 is 2.31 bits per heavy atom. The lowest BCUT2D eigenvalue weighted by atomic mass is 9.77. The molecule has 0 aliphatic heterocycles. The van der Waals surface area contributed by atoms with E-state index >= 15 is 0 Å². The van der Waals surface area contributed by atoms with Gasteiger partial charge in [0.2, 0.25) is 0 Å². The molecule has 1 N–H and O–H groups in total. The van der Waals surface area contributed by atoms with Gasteiger partial charge >= 0.3 is 11.9 Å². The molecule has 1 aromatic carbocycles. The maximum absolute atomic E-state index is 11.6. The van der Waals surface area contributed by atoms with Crippen molar-refractivity contribution in [1.29, 1.82) is 0 Å². The molecule has 0 spiro atoms. The summed E-state index contributed by atoms with van der Waals surface area (Å²) in [5.74, 6) is 0.0239. The summed E-state index contributed by atoms with van der Waals surface area (Å²) >= 11 is 0. The van der Waals surface area contributed by atoms with E-state index in [0.717, 1.165) is 11.5 Å². The van der Waals surface area contributed by atoms with Gasteiger partial charge < -0.3 is 9.84 Å². The largest absolute Gasteiger partial charge is 0.478 e. The Morgan fingerprint density at radius 2 is 1.72 bits per heavy atom. The summed E-state index contributed by atoms with van der Waals surface area (Å²) in [7, 11) is 0. The topological polar surface area (TPSA) is 63.6 Å². The van der Waals surface area contributed by atoms with Gasteiger partial charge in [-0.15, -0.1) is 0 Å². The molecule has 0 radical (unpaired) electrons. The second kappa shape index (κ2) is 13.9. The molecule has 4 nitrogen and oxygen atoms in total. The maximum atomic E-state index is 11.6. The van der Waals surface area contributed by atoms with Gasteiger partial charge in [0.1, 0.15) is 0 Å². The molecule has 1 saturated carbocycles. The van der Waals surface area contributed by atoms with E-state index in [1.165, 1.54) is 69.8 Å². The summed E-state index contributed by atoms with van der Waals surface area (Å²) in [6, 6.07) is 8.28. The zero-order chi connectivity index (χ0) is 23.3. The molecule has 176 valence electrons. The average molecular weight is 441 g/mol. The highest BCUT2D eigenvalue weighted by Gasteiger charge is 2.22. The van der Waals surface area contributed by atoms with Gasteiger partial charge in [0.25, 0.3) is 0 Å². The Labute approximate surface area is 193 Å². The van der Waals surface area contributed by atoms with E-state index in [4.69, 9.17) is 4.74 Å². The second-order valence-electron chi connectivity index (χ2n) is 9.23. The van der Waals surface area contributed by atoms with Crippen molar-refractivity contribution in [2.24, 2.45) is 5.92 Å². The number of carbonyl (C=O) groups excluding carboxylic acids is 1. The third kappa shape index (κ3) is 9.02. The Balaban J connectivity index is 1.83. The zero-order valence-electron chi connectivity index (χ0n) is 19.9. The van der Waals surface area contributed by atoms with Crippen molar-refractivity contribution >= 4 is 18.0 Å². The Morgan fingerprint density at radius 1 is 1.06 bits per heavy atom. The van der Waals surface area contributed by atoms with Crippen LogP contribution in [0.5, 0.6) is 0 Å². The molecule has 2 rings (SSSR count). The first-order valence-electron chi connectivity index (χ1n) is 12.3. The van der Waals surface area contributed by atoms with Crippen molar-refractivity contribution in [3.8, 4) is 0 Å². The standard InChI is InChI=1S/C28H40O4/c1-4-5-6-7-8-9-22-10-14-24(15-11-22)25-16-12-23(13-17-25)20-26(27(29)30)18-19-32-28(31)21(2)3/h12-13,16-17,20,22,24H,2,4-11,14-15,18-19H2,1,3H3,(H,29,30)/t22-,24-. The molecule has 4 heteroatoms. The first kappa shape index (κ1) is 25.9. The van der Waals surface area contributed by atoms with E-state index in [-0.39, 0.29) is 18.6 Å². The number of carbonyl (C=O) groups is 2. The van der Waals surface area contributed by atoms with Crippen molar-refractivity contribution in [3.05, 3.63) is 53.1 Å². The van der Waals surface area contributed by atoms with Crippen LogP contribution in [0.3, 0.4) is 0 Å². The van der Waals surface area contributed by atoms with Crippen LogP contribution in [0.4, 0.5) is 0 Å². The molecular formula is C28H40O4. The van der Waals surface area contributed by atoms with Crippen LogP contribution in [0.25, 0.3) is 6.08 Å². The van der Waals surface area contributed by atoms with Crippen molar-refractivity contribution in [1.82, 2.24) is 0 Å². The summed E-state index contributed by atoms with van der Waals surface area (Å²) in [5.41, 5.74) is 2.75. The minimum absolute atomic E-state index is 0.0315. The lowest BCUT2D eigenvalue weighted by molar-refractivity contribution is -0.139. The summed E-state index contributed by atoms with van der Waals surface area (Å²) in [6.45, 7) is 7.39. The minimum Gasteiger partial charge on any atom is -0.478 e. The highest BCUT2D eigenvalue weighted by molar-refractivity contribution is 5.92. The summed E-state index contributed by atoms with van der Waals surface area (Å²) in [4.78, 5) is 23.0. The minimum atomic E-state index is -0.992. The molecule has 1 aliphatic rings. The Hall–Kier alpha value is -2.36. The highest BCUT2D eigenvalue weighted by atomic mass is 16.5. The molecule has 1 fully saturated rings. The van der Waals surface area contributed by atoms with Crippen LogP contribution in [-0.2, 0) is 14.3 Å². The first-order chi connectivity index (χ1) is 15.4. The molecular weight excluding hydrogens is 400 g/mol. The molecule has 32 heavy (non-hydrogen) atoms. The number of carboxylic acids is 1. The molecule has 0 bridgehead atoms. The second-order valence-corrected chi connectivity index (χ2v) is 9.23. The number of hydrogen-bond donors (Lipinski definition) is 1. The molecule has 0 atom stereocenters. The van der Waals surface area contributed by atoms with Gasteiger partial charge in [-0.1, -0.05) is 76.3 Å². The Bertz CT molecular complexity index is 767. The highest BCUT2D eigenvalue weighted by Crippen LogP contribution is 2.38. The van der Waals surface area contributed by atoms with Crippen LogP contribution >= 0.6 is 0 Å². The van der Waals surface area contributed by atoms with Crippen LogP contribution in [-0.4, -0.2) is 23.7 Å². The van der Waals surface area contributed by atoms with Gasteiger partial charge in [-0.05, 0) is 61.6 Å². The van der Waals surface area contributed by atoms with Gasteiger partial charge in [-0.25, -0.2) is 9.59 Å². The van der Waals surface area contributed by atoms with Crippen molar-refractivity contribution < 1.29 is 19.4 Å². The molecule has 1 aromatic rings. The molecule has 0 unspecified atom stereocenters. The van der Waals surface area contributed by atoms with E-state index in [1.54, 1.807) is 13.0 Å². The monoisotopic (exact) mass is 440 g/mol. The summed E-state index contributed by atoms with van der Waals surface area (Å²) in [5, 5.41) is 9.47. The third-order valence-corrected chi connectivity index (χ3v) is 6.54. The van der Waals surface area contributed by atoms with Gasteiger partial charge in [-0.2, -0.15) is 0 Å². The third-order valence-electron chi connectivity index (χ3n) is 6.54. The van der Waals surface area contributed by atoms with Crippen molar-refractivity contribution in [3.63, 3.8) is 0 Å². The predicted molar refractivity (Wildman–Crippen MR) is 131 cm³/mol. The van der Waals surface area contributed by atoms with Crippen LogP contribution in [0, 0.1) is 5.92 Å². The molecule has 0 heterocycles. The summed E-state index contributed by atoms with van der Waals surface area (Å²) < 4.78 is 5.03. The van der Waals surface area contributed by atoms with Gasteiger partial charge in [0, 0.05) is 17.6 Å². The lowest BCUT2D eigenvalue weighted by Crippen LogP contribution is -2.13. The van der Waals surface area contributed by atoms with E-state index in [0.29, 0.717) is 11.5 Å². The molecule has 0 saturated heterocycles. The van der Waals surface area contributed by atoms with E-state index in [1.807, 2.05) is 12.1 Å². The number of carboxylic acid groups (broad SMARTS) is 1. The number of aliphatic carboxylic acids is 1. The fraction of sp³-hybridized carbons (Fsp3) is 0.571. The molecule has 0 aromatic heterocycles. The molecule has 1 aliphatic carbocycles. The van der Waals surface area contributed by atoms with Crippen LogP contribution in [0.2, 0.25) is 0 Å². The first-order valence-corrected chi connectivity index (χ1v) is 12.3. The SMILES string of the molecule is C=C(C)C(=O)OCCC(=Cc1ccc([C@H]2CC[C@H](CCCCCCC)CC2)cc1)C(=O)O. The van der Waals surface area contributed by atoms with Crippen LogP contribution in [0.1, 0.15) is 102 Å². The number of unbranched alkanes of at least 4 members (excludes halogenated alkanes) is 4. The quantitative estimate of drug-likeness (QED) is 0.199. The fourth-order valence-corrected chi connectivity index (χ4v) is 4.50. The van der Waals surface area contributed by atoms with Gasteiger partial charge in [0.05, 0.1) is 6.61 Å². The Kier molecular flexibility index (Phi) is 11.3. The van der Waals surface area contributed by atoms with E-state index in [2.05, 4.69) is 25.6 Å². The number of esters is 1. The normalized spacial score (nSPS) is 18.9. The average Bonchev–Trinajstić information content (AvgIpc) is 2.79. The zero-order valence-corrected chi connectivity index (χ0v) is 19.9. The van der Waals surface area contributed by atoms with Crippen molar-refractivity contribution in [2.45, 2.75) is 90.4 Å². The van der Waals surface area contributed by atoms with Crippen LogP contribution in [0.15, 0.2) is 42.0 Å². The van der Waals surface area contributed by atoms with Gasteiger partial charge in [0.15, 0.2) is 0 Å². The number of rotatable bonds is 13. The van der Waals surface area contributed by atoms with E-state index in [9.17, 15) is 14.7 Å². The summed E-state index contributed by atoms with van der Waals surface area (Å²) in [6.07, 6.45) is 15.2. The smallest absolute Gasteiger partial charge is 0.333 e. The number of hydrogen-bond acceptors (Lipinski definition) is 3. The number of ether oxygens (including phenoxy) is 1. The molecule has 0 amide bonds. The van der Waals surface area contributed by atoms with E-state index < -0.39 is 11.9 Å². The van der Waals surface area contributed by atoms with Gasteiger partial charge in [-0.3, -0.25) is 0 Å². The predicted octanol–water partition coefficient (Wildman–Crippen LogP) is 7.30. The fourth-order valence-electron chi connectivity index (χ4n) is 4.50. The number of benzene rings is 1.